The first kappa shape index (κ1) is 16.2. The summed E-state index contributed by atoms with van der Waals surface area (Å²) < 4.78 is 1.85. The minimum atomic E-state index is -0.932. The fraction of sp³-hybridized carbons (Fsp3) is 0.389. The second-order valence-electron chi connectivity index (χ2n) is 6.35. The van der Waals surface area contributed by atoms with Crippen LogP contribution in [0.5, 0.6) is 0 Å². The third-order valence-corrected chi connectivity index (χ3v) is 4.28. The number of carbonyl (C=O) groups excluding carboxylic acids is 1. The molecule has 0 saturated carbocycles. The number of fused-ring (bicyclic) bond motifs is 1. The van der Waals surface area contributed by atoms with Crippen molar-refractivity contribution in [1.82, 2.24) is 15.1 Å². The van der Waals surface area contributed by atoms with Gasteiger partial charge in [0.2, 0.25) is 0 Å². The Morgan fingerprint density at radius 2 is 2.00 bits per heavy atom. The van der Waals surface area contributed by atoms with Gasteiger partial charge in [0.1, 0.15) is 0 Å². The second-order valence-corrected chi connectivity index (χ2v) is 6.35. The van der Waals surface area contributed by atoms with Gasteiger partial charge in [-0.25, -0.2) is 4.68 Å². The average Bonchev–Trinajstić information content (AvgIpc) is 3.09. The molecule has 0 spiro atoms. The zero-order valence-electron chi connectivity index (χ0n) is 13.9. The lowest BCUT2D eigenvalue weighted by Crippen LogP contribution is -2.35. The van der Waals surface area contributed by atoms with Crippen molar-refractivity contribution in [3.8, 4) is 5.69 Å². The molecule has 0 radical (unpaired) electrons. The van der Waals surface area contributed by atoms with E-state index in [1.54, 1.807) is 6.92 Å². The van der Waals surface area contributed by atoms with Crippen LogP contribution >= 0.6 is 0 Å². The van der Waals surface area contributed by atoms with E-state index in [2.05, 4.69) is 10.4 Å². The van der Waals surface area contributed by atoms with Crippen LogP contribution in [0.25, 0.3) is 5.69 Å². The third-order valence-electron chi connectivity index (χ3n) is 4.28. The number of carboxylic acid groups (broad SMARTS) is 1. The minimum Gasteiger partial charge on any atom is -0.481 e. The van der Waals surface area contributed by atoms with Gasteiger partial charge in [0.05, 0.1) is 12.1 Å². The molecule has 0 bridgehead atoms. The molecule has 1 unspecified atom stereocenters. The topological polar surface area (TPSA) is 84.2 Å². The molecule has 0 aliphatic heterocycles. The van der Waals surface area contributed by atoms with Gasteiger partial charge in [0.25, 0.3) is 5.91 Å². The fourth-order valence-electron chi connectivity index (χ4n) is 3.12. The van der Waals surface area contributed by atoms with Crippen LogP contribution < -0.4 is 5.32 Å². The Hall–Kier alpha value is -2.63. The monoisotopic (exact) mass is 327 g/mol. The molecule has 1 aliphatic rings. The lowest BCUT2D eigenvalue weighted by molar-refractivity contribution is -0.137. The van der Waals surface area contributed by atoms with Crippen LogP contribution in [-0.2, 0) is 17.6 Å². The summed E-state index contributed by atoms with van der Waals surface area (Å²) in [6.07, 6.45) is 2.63. The maximum Gasteiger partial charge on any atom is 0.305 e. The van der Waals surface area contributed by atoms with E-state index in [9.17, 15) is 9.59 Å². The van der Waals surface area contributed by atoms with Gasteiger partial charge in [-0.2, -0.15) is 5.10 Å². The number of aryl methyl sites for hydroxylation is 1. The number of nitrogens with one attached hydrogen (secondary N) is 1. The molecule has 1 aromatic heterocycles. The first-order valence-electron chi connectivity index (χ1n) is 8.16. The molecule has 126 valence electrons. The van der Waals surface area contributed by atoms with E-state index in [4.69, 9.17) is 5.11 Å². The summed E-state index contributed by atoms with van der Waals surface area (Å²) in [6, 6.07) is 7.60. The predicted octanol–water partition coefficient (Wildman–Crippen LogP) is 2.26. The quantitative estimate of drug-likeness (QED) is 0.882. The molecular formula is C18H21N3O3. The van der Waals surface area contributed by atoms with Gasteiger partial charge in [-0.1, -0.05) is 17.7 Å². The van der Waals surface area contributed by atoms with Crippen molar-refractivity contribution >= 4 is 11.9 Å². The minimum absolute atomic E-state index is 0.105. The first-order valence-corrected chi connectivity index (χ1v) is 8.16. The van der Waals surface area contributed by atoms with Crippen LogP contribution in [0.3, 0.4) is 0 Å². The van der Waals surface area contributed by atoms with Crippen molar-refractivity contribution < 1.29 is 14.7 Å². The van der Waals surface area contributed by atoms with Crippen LogP contribution in [0.4, 0.5) is 0 Å². The highest BCUT2D eigenvalue weighted by molar-refractivity contribution is 5.94. The molecule has 2 aromatic rings. The number of hydrogen-bond acceptors (Lipinski definition) is 3. The van der Waals surface area contributed by atoms with Crippen LogP contribution in [0.1, 0.15) is 47.1 Å². The van der Waals surface area contributed by atoms with Gasteiger partial charge in [0, 0.05) is 17.3 Å². The lowest BCUT2D eigenvalue weighted by atomic mass is 10.1. The van der Waals surface area contributed by atoms with E-state index in [1.807, 2.05) is 35.9 Å². The predicted molar refractivity (Wildman–Crippen MR) is 89.5 cm³/mol. The zero-order chi connectivity index (χ0) is 17.3. The number of benzene rings is 1. The number of amides is 1. The van der Waals surface area contributed by atoms with Crippen LogP contribution in [-0.4, -0.2) is 32.8 Å². The SMILES string of the molecule is Cc1ccc(-n2nc(C(=O)NC(C)CC(=O)O)c3c2CCC3)cc1. The van der Waals surface area contributed by atoms with Gasteiger partial charge in [-0.3, -0.25) is 9.59 Å². The largest absolute Gasteiger partial charge is 0.481 e. The van der Waals surface area contributed by atoms with Crippen molar-refractivity contribution in [2.75, 3.05) is 0 Å². The summed E-state index contributed by atoms with van der Waals surface area (Å²) in [4.78, 5) is 23.3. The summed E-state index contributed by atoms with van der Waals surface area (Å²) >= 11 is 0. The second kappa shape index (κ2) is 6.47. The van der Waals surface area contributed by atoms with Crippen molar-refractivity contribution in [3.63, 3.8) is 0 Å². The molecule has 24 heavy (non-hydrogen) atoms. The summed E-state index contributed by atoms with van der Waals surface area (Å²) in [5.74, 6) is -1.23. The average molecular weight is 327 g/mol. The zero-order valence-corrected chi connectivity index (χ0v) is 13.9. The molecule has 1 heterocycles. The van der Waals surface area contributed by atoms with Gasteiger partial charge in [-0.05, 0) is 45.2 Å². The molecule has 2 N–H and O–H groups in total. The Labute approximate surface area is 140 Å². The summed E-state index contributed by atoms with van der Waals surface area (Å²) in [5.41, 5.74) is 4.59. The van der Waals surface area contributed by atoms with E-state index in [1.165, 1.54) is 5.56 Å². The summed E-state index contributed by atoms with van der Waals surface area (Å²) in [6.45, 7) is 3.71. The highest BCUT2D eigenvalue weighted by Gasteiger charge is 2.27. The van der Waals surface area contributed by atoms with Crippen LogP contribution in [0, 0.1) is 6.92 Å². The lowest BCUT2D eigenvalue weighted by Gasteiger charge is -2.10. The third kappa shape index (κ3) is 3.18. The molecule has 1 aromatic carbocycles. The Kier molecular flexibility index (Phi) is 4.38. The van der Waals surface area contributed by atoms with Crippen LogP contribution in [0.15, 0.2) is 24.3 Å². The summed E-state index contributed by atoms with van der Waals surface area (Å²) in [7, 11) is 0. The Morgan fingerprint density at radius 1 is 1.29 bits per heavy atom. The standard InChI is InChI=1S/C18H21N3O3/c1-11-6-8-13(9-7-11)21-15-5-3-4-14(15)17(20-21)18(24)19-12(2)10-16(22)23/h6-9,12H,3-5,10H2,1-2H3,(H,19,24)(H,22,23). The fourth-order valence-corrected chi connectivity index (χ4v) is 3.12. The summed E-state index contributed by atoms with van der Waals surface area (Å²) in [5, 5.41) is 16.1. The first-order chi connectivity index (χ1) is 11.5. The number of hydrogen-bond donors (Lipinski definition) is 2. The number of aliphatic carboxylic acids is 1. The maximum absolute atomic E-state index is 12.5. The molecule has 1 aliphatic carbocycles. The normalized spacial score (nSPS) is 14.2. The van der Waals surface area contributed by atoms with Crippen molar-refractivity contribution in [2.24, 2.45) is 0 Å². The molecule has 6 nitrogen and oxygen atoms in total. The molecule has 6 heteroatoms. The van der Waals surface area contributed by atoms with Crippen molar-refractivity contribution in [1.29, 1.82) is 0 Å². The van der Waals surface area contributed by atoms with Crippen molar-refractivity contribution in [2.45, 2.75) is 45.6 Å². The maximum atomic E-state index is 12.5. The molecular weight excluding hydrogens is 306 g/mol. The number of carboxylic acids is 1. The van der Waals surface area contributed by atoms with Gasteiger partial charge in [0.15, 0.2) is 5.69 Å². The highest BCUT2D eigenvalue weighted by atomic mass is 16.4. The Bertz CT molecular complexity index is 778. The van der Waals surface area contributed by atoms with E-state index in [0.717, 1.165) is 36.2 Å². The van der Waals surface area contributed by atoms with E-state index < -0.39 is 12.0 Å². The number of nitrogens with zero attached hydrogens (tertiary/aromatic N) is 2. The van der Waals surface area contributed by atoms with Gasteiger partial charge in [-0.15, -0.1) is 0 Å². The number of carbonyl (C=O) groups is 2. The van der Waals surface area contributed by atoms with E-state index in [0.29, 0.717) is 5.69 Å². The van der Waals surface area contributed by atoms with Crippen molar-refractivity contribution in [3.05, 3.63) is 46.8 Å². The van der Waals surface area contributed by atoms with E-state index in [-0.39, 0.29) is 12.3 Å². The van der Waals surface area contributed by atoms with Crippen LogP contribution in [0.2, 0.25) is 0 Å². The molecule has 1 atom stereocenters. The van der Waals surface area contributed by atoms with E-state index >= 15 is 0 Å². The molecule has 0 saturated heterocycles. The molecule has 3 rings (SSSR count). The Balaban J connectivity index is 1.90. The molecule has 0 fully saturated rings. The van der Waals surface area contributed by atoms with Gasteiger partial charge < -0.3 is 10.4 Å². The van der Waals surface area contributed by atoms with Gasteiger partial charge >= 0.3 is 5.97 Å². The number of aromatic nitrogens is 2. The molecule has 1 amide bonds. The number of rotatable bonds is 5. The Morgan fingerprint density at radius 3 is 2.67 bits per heavy atom. The highest BCUT2D eigenvalue weighted by Crippen LogP contribution is 2.28. The smallest absolute Gasteiger partial charge is 0.305 e.